The van der Waals surface area contributed by atoms with Crippen molar-refractivity contribution in [1.29, 1.82) is 0 Å². The first-order valence-electron chi connectivity index (χ1n) is 8.23. The van der Waals surface area contributed by atoms with Gasteiger partial charge in [-0.1, -0.05) is 43.5 Å². The first-order valence-corrected chi connectivity index (χ1v) is 8.23. The minimum absolute atomic E-state index is 0.000871. The van der Waals surface area contributed by atoms with E-state index in [4.69, 9.17) is 0 Å². The van der Waals surface area contributed by atoms with Gasteiger partial charge in [0.15, 0.2) is 0 Å². The zero-order valence-electron chi connectivity index (χ0n) is 14.7. The Morgan fingerprint density at radius 2 is 1.92 bits per heavy atom. The number of rotatable bonds is 7. The van der Waals surface area contributed by atoms with Gasteiger partial charge in [0, 0.05) is 11.6 Å². The molecule has 0 saturated heterocycles. The van der Waals surface area contributed by atoms with E-state index in [1.165, 1.54) is 12.2 Å². The lowest BCUT2D eigenvalue weighted by Crippen LogP contribution is -2.17. The summed E-state index contributed by atoms with van der Waals surface area (Å²) in [4.78, 5) is 0. The molecule has 2 aromatic rings. The van der Waals surface area contributed by atoms with Crippen LogP contribution in [0, 0.1) is 0 Å². The average Bonchev–Trinajstić information content (AvgIpc) is 2.60. The molecule has 0 aromatic heterocycles. The summed E-state index contributed by atoms with van der Waals surface area (Å²) >= 11 is 0. The van der Waals surface area contributed by atoms with Crippen molar-refractivity contribution in [3.8, 4) is 5.75 Å². The summed E-state index contributed by atoms with van der Waals surface area (Å²) in [5.74, 6) is -0.0784. The Hall–Kier alpha value is -2.65. The fourth-order valence-corrected chi connectivity index (χ4v) is 2.86. The van der Waals surface area contributed by atoms with Crippen molar-refractivity contribution in [3.05, 3.63) is 90.3 Å². The lowest BCUT2D eigenvalue weighted by atomic mass is 9.93. The van der Waals surface area contributed by atoms with E-state index in [9.17, 15) is 9.50 Å². The van der Waals surface area contributed by atoms with Crippen LogP contribution in [0.4, 0.5) is 4.39 Å². The van der Waals surface area contributed by atoms with Gasteiger partial charge in [0.25, 0.3) is 0 Å². The van der Waals surface area contributed by atoms with Crippen LogP contribution in [0.5, 0.6) is 5.75 Å². The van der Waals surface area contributed by atoms with Crippen LogP contribution in [0.2, 0.25) is 0 Å². The molecule has 130 valence electrons. The highest BCUT2D eigenvalue weighted by molar-refractivity contribution is 5.84. The highest BCUT2D eigenvalue weighted by Gasteiger charge is 2.14. The smallest absolute Gasteiger partial charge is 0.130 e. The molecule has 0 radical (unpaired) electrons. The standard InChI is InChI=1S/C22H24FNO/c1-5-7-21(23)20(6-2)15(3)12-22(24-4)18-9-8-17-14-19(25)11-10-16(17)13-18/h5-11,13-14,22,24-25H,2-3,12H2,1,4H3/b7-5-,21-20-. The number of hydrogen-bond acceptors (Lipinski definition) is 2. The van der Waals surface area contributed by atoms with E-state index >= 15 is 0 Å². The lowest BCUT2D eigenvalue weighted by molar-refractivity contribution is 0.476. The van der Waals surface area contributed by atoms with Crippen molar-refractivity contribution in [2.75, 3.05) is 7.05 Å². The van der Waals surface area contributed by atoms with Crippen molar-refractivity contribution in [1.82, 2.24) is 5.32 Å². The molecule has 2 nitrogen and oxygen atoms in total. The van der Waals surface area contributed by atoms with E-state index < -0.39 is 0 Å². The summed E-state index contributed by atoms with van der Waals surface area (Å²) in [6.45, 7) is 9.51. The van der Waals surface area contributed by atoms with E-state index in [1.807, 2.05) is 25.2 Å². The molecule has 1 unspecified atom stereocenters. The highest BCUT2D eigenvalue weighted by Crippen LogP contribution is 2.29. The molecule has 2 rings (SSSR count). The number of fused-ring (bicyclic) bond motifs is 1. The zero-order chi connectivity index (χ0) is 18.4. The number of benzene rings is 2. The number of phenols is 1. The second-order valence-corrected chi connectivity index (χ2v) is 5.91. The Labute approximate surface area is 148 Å². The van der Waals surface area contributed by atoms with Crippen LogP contribution in [0.25, 0.3) is 10.8 Å². The van der Waals surface area contributed by atoms with E-state index in [-0.39, 0.29) is 17.6 Å². The molecule has 0 heterocycles. The highest BCUT2D eigenvalue weighted by atomic mass is 19.1. The third-order valence-electron chi connectivity index (χ3n) is 4.20. The van der Waals surface area contributed by atoms with Gasteiger partial charge in [-0.3, -0.25) is 0 Å². The van der Waals surface area contributed by atoms with Gasteiger partial charge in [-0.05, 0) is 66.6 Å². The molecule has 3 heteroatoms. The predicted molar refractivity (Wildman–Crippen MR) is 104 cm³/mol. The summed E-state index contributed by atoms with van der Waals surface area (Å²) in [6, 6.07) is 11.3. The van der Waals surface area contributed by atoms with Crippen LogP contribution in [0.15, 0.2) is 84.8 Å². The molecule has 1 atom stereocenters. The maximum atomic E-state index is 14.1. The van der Waals surface area contributed by atoms with Gasteiger partial charge in [0.1, 0.15) is 11.6 Å². The number of hydrogen-bond donors (Lipinski definition) is 2. The number of halogens is 1. The number of aromatic hydroxyl groups is 1. The lowest BCUT2D eigenvalue weighted by Gasteiger charge is -2.19. The monoisotopic (exact) mass is 337 g/mol. The van der Waals surface area contributed by atoms with E-state index in [2.05, 4.69) is 24.5 Å². The van der Waals surface area contributed by atoms with Crippen LogP contribution >= 0.6 is 0 Å². The topological polar surface area (TPSA) is 32.3 Å². The molecule has 0 amide bonds. The molecule has 0 spiro atoms. The molecule has 0 saturated carbocycles. The molecule has 0 fully saturated rings. The fourth-order valence-electron chi connectivity index (χ4n) is 2.86. The van der Waals surface area contributed by atoms with Gasteiger partial charge >= 0.3 is 0 Å². The summed E-state index contributed by atoms with van der Waals surface area (Å²) in [6.07, 6.45) is 5.14. The van der Waals surface area contributed by atoms with Gasteiger partial charge in [-0.15, -0.1) is 0 Å². The molecule has 0 aliphatic heterocycles. The van der Waals surface area contributed by atoms with Crippen molar-refractivity contribution in [2.45, 2.75) is 19.4 Å². The quantitative estimate of drug-likeness (QED) is 0.632. The second kappa shape index (κ2) is 8.45. The number of allylic oxidation sites excluding steroid dienone is 5. The number of phenolic OH excluding ortho intramolecular Hbond substituents is 1. The zero-order valence-corrected chi connectivity index (χ0v) is 14.7. The predicted octanol–water partition coefficient (Wildman–Crippen LogP) is 5.74. The summed E-state index contributed by atoms with van der Waals surface area (Å²) in [7, 11) is 1.87. The summed E-state index contributed by atoms with van der Waals surface area (Å²) in [5, 5.41) is 14.9. The fraction of sp³-hybridized carbons (Fsp3) is 0.182. The normalized spacial score (nSPS) is 13.7. The van der Waals surface area contributed by atoms with Crippen LogP contribution in [0.1, 0.15) is 24.9 Å². The van der Waals surface area contributed by atoms with Gasteiger partial charge in [-0.25, -0.2) is 4.39 Å². The molecule has 0 aliphatic carbocycles. The Morgan fingerprint density at radius 3 is 2.56 bits per heavy atom. The van der Waals surface area contributed by atoms with Crippen LogP contribution < -0.4 is 5.32 Å². The van der Waals surface area contributed by atoms with Crippen molar-refractivity contribution in [2.24, 2.45) is 0 Å². The summed E-state index contributed by atoms with van der Waals surface area (Å²) < 4.78 is 14.1. The molecular weight excluding hydrogens is 313 g/mol. The first-order chi connectivity index (χ1) is 12.0. The molecule has 2 N–H and O–H groups in total. The molecule has 0 aliphatic rings. The third-order valence-corrected chi connectivity index (χ3v) is 4.20. The van der Waals surface area contributed by atoms with Gasteiger partial charge < -0.3 is 10.4 Å². The Bertz CT molecular complexity index is 848. The van der Waals surface area contributed by atoms with Crippen LogP contribution in [-0.2, 0) is 0 Å². The minimum atomic E-state index is -0.327. The molecule has 0 bridgehead atoms. The van der Waals surface area contributed by atoms with Gasteiger partial charge in [0.2, 0.25) is 0 Å². The molecule has 25 heavy (non-hydrogen) atoms. The van der Waals surface area contributed by atoms with Crippen LogP contribution in [-0.4, -0.2) is 12.2 Å². The molecule has 2 aromatic carbocycles. The third kappa shape index (κ3) is 4.46. The second-order valence-electron chi connectivity index (χ2n) is 5.91. The van der Waals surface area contributed by atoms with Crippen molar-refractivity contribution in [3.63, 3.8) is 0 Å². The Kier molecular flexibility index (Phi) is 6.31. The Balaban J connectivity index is 2.30. The summed E-state index contributed by atoms with van der Waals surface area (Å²) in [5.41, 5.74) is 2.21. The van der Waals surface area contributed by atoms with Gasteiger partial charge in [0.05, 0.1) is 0 Å². The van der Waals surface area contributed by atoms with Crippen LogP contribution in [0.3, 0.4) is 0 Å². The molecular formula is C22H24FNO. The SMILES string of the molecule is C=C/C(C(=C)CC(NC)c1ccc2cc(O)ccc2c1)=C(F)\C=C/C. The van der Waals surface area contributed by atoms with Crippen molar-refractivity contribution < 1.29 is 9.50 Å². The number of nitrogens with one attached hydrogen (secondary N) is 1. The average molecular weight is 337 g/mol. The largest absolute Gasteiger partial charge is 0.508 e. The van der Waals surface area contributed by atoms with Gasteiger partial charge in [-0.2, -0.15) is 0 Å². The maximum absolute atomic E-state index is 14.1. The first kappa shape index (κ1) is 18.7. The van der Waals surface area contributed by atoms with Crippen molar-refractivity contribution >= 4 is 10.8 Å². The maximum Gasteiger partial charge on any atom is 0.130 e. The minimum Gasteiger partial charge on any atom is -0.508 e. The van der Waals surface area contributed by atoms with E-state index in [0.29, 0.717) is 17.6 Å². The Morgan fingerprint density at radius 1 is 1.24 bits per heavy atom. The van der Waals surface area contributed by atoms with E-state index in [1.54, 1.807) is 25.1 Å². The van der Waals surface area contributed by atoms with E-state index in [0.717, 1.165) is 16.3 Å².